The first-order valence-electron chi connectivity index (χ1n) is 7.90. The molecule has 0 unspecified atom stereocenters. The average Bonchev–Trinajstić information content (AvgIpc) is 2.77. The molecule has 1 atom stereocenters. The highest BCUT2D eigenvalue weighted by molar-refractivity contribution is 7.84. The van der Waals surface area contributed by atoms with Crippen molar-refractivity contribution < 1.29 is 4.74 Å². The van der Waals surface area contributed by atoms with Crippen LogP contribution in [0.2, 0.25) is 0 Å². The molecule has 0 bridgehead atoms. The van der Waals surface area contributed by atoms with Gasteiger partial charge in [-0.25, -0.2) is 0 Å². The molecule has 0 spiro atoms. The minimum Gasteiger partial charge on any atom is -0.485 e. The summed E-state index contributed by atoms with van der Waals surface area (Å²) in [5.74, 6) is 0.937. The first kappa shape index (κ1) is 17.6. The fraction of sp³-hybridized carbons (Fsp3) is 0.300. The van der Waals surface area contributed by atoms with E-state index < -0.39 is 0 Å². The summed E-state index contributed by atoms with van der Waals surface area (Å²) in [7, 11) is 4.13. The minimum atomic E-state index is -0.0681. The maximum Gasteiger partial charge on any atom is 0.130 e. The van der Waals surface area contributed by atoms with Crippen molar-refractivity contribution in [3.8, 4) is 5.75 Å². The van der Waals surface area contributed by atoms with Gasteiger partial charge in [0.2, 0.25) is 0 Å². The van der Waals surface area contributed by atoms with Gasteiger partial charge in [-0.05, 0) is 38.2 Å². The van der Waals surface area contributed by atoms with Gasteiger partial charge in [0.15, 0.2) is 0 Å². The average molecular weight is 327 g/mol. The molecule has 0 aliphatic heterocycles. The molecule has 0 amide bonds. The second-order valence-electron chi connectivity index (χ2n) is 5.84. The molecule has 0 heterocycles. The van der Waals surface area contributed by atoms with E-state index in [1.165, 1.54) is 11.1 Å². The Balaban J connectivity index is 2.25. The molecular formula is C20H25NOS. The predicted octanol–water partition coefficient (Wildman–Crippen LogP) is 4.51. The molecule has 1 aliphatic rings. The van der Waals surface area contributed by atoms with E-state index in [0.717, 1.165) is 30.0 Å². The topological polar surface area (TPSA) is 12.5 Å². The number of thiol groups is 1. The van der Waals surface area contributed by atoms with Crippen molar-refractivity contribution in [1.82, 2.24) is 4.90 Å². The predicted molar refractivity (Wildman–Crippen MR) is 103 cm³/mol. The van der Waals surface area contributed by atoms with Crippen molar-refractivity contribution in [2.24, 2.45) is 0 Å². The Morgan fingerprint density at radius 3 is 2.96 bits per heavy atom. The second-order valence-corrected chi connectivity index (χ2v) is 6.36. The van der Waals surface area contributed by atoms with Crippen molar-refractivity contribution in [1.29, 1.82) is 0 Å². The molecular weight excluding hydrogens is 302 g/mol. The maximum atomic E-state index is 6.35. The zero-order valence-electron chi connectivity index (χ0n) is 13.9. The molecule has 0 saturated heterocycles. The Hall–Kier alpha value is -1.71. The zero-order chi connectivity index (χ0) is 16.7. The van der Waals surface area contributed by atoms with Crippen molar-refractivity contribution in [2.45, 2.75) is 18.9 Å². The SMILES string of the molecule is C=C/C=C(\S)[C@H](CCN(C)C)Oc1cccc2c1CC=CC=C2. The highest BCUT2D eigenvalue weighted by atomic mass is 32.1. The van der Waals surface area contributed by atoms with Gasteiger partial charge in [-0.15, -0.1) is 12.6 Å². The van der Waals surface area contributed by atoms with Crippen LogP contribution in [0.5, 0.6) is 5.75 Å². The molecule has 0 N–H and O–H groups in total. The Morgan fingerprint density at radius 2 is 2.22 bits per heavy atom. The van der Waals surface area contributed by atoms with Crippen LogP contribution in [0.1, 0.15) is 17.5 Å². The van der Waals surface area contributed by atoms with Gasteiger partial charge in [0.05, 0.1) is 0 Å². The number of ether oxygens (including phenoxy) is 1. The van der Waals surface area contributed by atoms with E-state index in [-0.39, 0.29) is 6.10 Å². The van der Waals surface area contributed by atoms with E-state index >= 15 is 0 Å². The number of allylic oxidation sites excluding steroid dienone is 5. The summed E-state index contributed by atoms with van der Waals surface area (Å²) in [5.41, 5.74) is 2.44. The molecule has 23 heavy (non-hydrogen) atoms. The summed E-state index contributed by atoms with van der Waals surface area (Å²) in [4.78, 5) is 3.06. The van der Waals surface area contributed by atoms with Crippen LogP contribution < -0.4 is 4.74 Å². The van der Waals surface area contributed by atoms with Gasteiger partial charge in [-0.3, -0.25) is 0 Å². The Kier molecular flexibility index (Phi) is 6.75. The summed E-state index contributed by atoms with van der Waals surface area (Å²) in [6.07, 6.45) is 13.8. The van der Waals surface area contributed by atoms with Gasteiger partial charge in [0, 0.05) is 23.4 Å². The Bertz CT molecular complexity index is 629. The number of rotatable bonds is 7. The van der Waals surface area contributed by atoms with E-state index in [4.69, 9.17) is 4.74 Å². The highest BCUT2D eigenvalue weighted by Gasteiger charge is 2.17. The third kappa shape index (κ3) is 5.15. The first-order chi connectivity index (χ1) is 11.1. The molecule has 0 saturated carbocycles. The van der Waals surface area contributed by atoms with E-state index in [1.54, 1.807) is 6.08 Å². The summed E-state index contributed by atoms with van der Waals surface area (Å²) >= 11 is 4.60. The molecule has 122 valence electrons. The highest BCUT2D eigenvalue weighted by Crippen LogP contribution is 2.29. The third-order valence-corrected chi connectivity index (χ3v) is 4.18. The number of hydrogen-bond acceptors (Lipinski definition) is 3. The Labute approximate surface area is 145 Å². The lowest BCUT2D eigenvalue weighted by atomic mass is 10.0. The number of fused-ring (bicyclic) bond motifs is 1. The zero-order valence-corrected chi connectivity index (χ0v) is 14.8. The van der Waals surface area contributed by atoms with Crippen LogP contribution in [0.15, 0.2) is 60.1 Å². The normalized spacial score (nSPS) is 15.2. The van der Waals surface area contributed by atoms with Crippen molar-refractivity contribution in [3.05, 3.63) is 71.2 Å². The lowest BCUT2D eigenvalue weighted by Gasteiger charge is -2.23. The van der Waals surface area contributed by atoms with Gasteiger partial charge in [-0.1, -0.05) is 49.1 Å². The molecule has 2 rings (SSSR count). The van der Waals surface area contributed by atoms with Gasteiger partial charge in [0.1, 0.15) is 11.9 Å². The largest absolute Gasteiger partial charge is 0.485 e. The van der Waals surface area contributed by atoms with Crippen LogP contribution in [-0.2, 0) is 6.42 Å². The van der Waals surface area contributed by atoms with Crippen LogP contribution in [0, 0.1) is 0 Å². The van der Waals surface area contributed by atoms with Crippen molar-refractivity contribution in [2.75, 3.05) is 20.6 Å². The summed E-state index contributed by atoms with van der Waals surface area (Å²) in [6, 6.07) is 6.22. The van der Waals surface area contributed by atoms with Crippen LogP contribution in [0.4, 0.5) is 0 Å². The van der Waals surface area contributed by atoms with Crippen molar-refractivity contribution >= 4 is 18.7 Å². The molecule has 3 heteroatoms. The summed E-state index contributed by atoms with van der Waals surface area (Å²) < 4.78 is 6.35. The minimum absolute atomic E-state index is 0.0681. The standard InChI is InChI=1S/C20H25NOS/c1-4-9-20(23)19(14-15-21(2)3)22-18-13-8-11-16-10-6-5-7-12-17(16)18/h4-11,13,19,23H,1,12,14-15H2,2-3H3/b20-9-/t19-/m0/s1. The van der Waals surface area contributed by atoms with Crippen LogP contribution >= 0.6 is 12.6 Å². The van der Waals surface area contributed by atoms with Gasteiger partial charge in [0.25, 0.3) is 0 Å². The Morgan fingerprint density at radius 1 is 1.39 bits per heavy atom. The first-order valence-corrected chi connectivity index (χ1v) is 8.34. The van der Waals surface area contributed by atoms with Crippen LogP contribution in [-0.4, -0.2) is 31.6 Å². The van der Waals surface area contributed by atoms with Crippen molar-refractivity contribution in [3.63, 3.8) is 0 Å². The van der Waals surface area contributed by atoms with Gasteiger partial charge in [-0.2, -0.15) is 0 Å². The lowest BCUT2D eigenvalue weighted by Crippen LogP contribution is -2.24. The second kappa shape index (κ2) is 8.80. The number of nitrogens with zero attached hydrogens (tertiary/aromatic N) is 1. The number of benzene rings is 1. The van der Waals surface area contributed by atoms with Crippen LogP contribution in [0.3, 0.4) is 0 Å². The molecule has 0 radical (unpaired) electrons. The van der Waals surface area contributed by atoms with E-state index in [1.807, 2.05) is 18.2 Å². The maximum absolute atomic E-state index is 6.35. The molecule has 2 nitrogen and oxygen atoms in total. The van der Waals surface area contributed by atoms with Gasteiger partial charge >= 0.3 is 0 Å². The molecule has 1 aromatic carbocycles. The third-order valence-electron chi connectivity index (χ3n) is 3.74. The fourth-order valence-corrected chi connectivity index (χ4v) is 2.80. The molecule has 1 aliphatic carbocycles. The molecule has 0 aromatic heterocycles. The lowest BCUT2D eigenvalue weighted by molar-refractivity contribution is 0.214. The monoisotopic (exact) mass is 327 g/mol. The smallest absolute Gasteiger partial charge is 0.130 e. The quantitative estimate of drug-likeness (QED) is 0.584. The summed E-state index contributed by atoms with van der Waals surface area (Å²) in [6.45, 7) is 4.70. The van der Waals surface area contributed by atoms with Gasteiger partial charge < -0.3 is 9.64 Å². The van der Waals surface area contributed by atoms with Crippen LogP contribution in [0.25, 0.3) is 6.08 Å². The molecule has 0 fully saturated rings. The summed E-state index contributed by atoms with van der Waals surface area (Å²) in [5, 5.41) is 0. The van der Waals surface area contributed by atoms with E-state index in [2.05, 4.69) is 68.6 Å². The molecule has 1 aromatic rings. The number of hydrogen-bond donors (Lipinski definition) is 1. The van der Waals surface area contributed by atoms with E-state index in [0.29, 0.717) is 0 Å². The fourth-order valence-electron chi connectivity index (χ4n) is 2.52. The van der Waals surface area contributed by atoms with E-state index in [9.17, 15) is 0 Å².